The molecule has 0 radical (unpaired) electrons. The highest BCUT2D eigenvalue weighted by atomic mass is 16.5. The first-order valence-electron chi connectivity index (χ1n) is 13.7. The van der Waals surface area contributed by atoms with Crippen molar-refractivity contribution in [3.8, 4) is 0 Å². The van der Waals surface area contributed by atoms with Crippen LogP contribution in [0.25, 0.3) is 12.2 Å². The van der Waals surface area contributed by atoms with E-state index in [0.29, 0.717) is 0 Å². The Labute approximate surface area is 234 Å². The van der Waals surface area contributed by atoms with E-state index in [1.54, 1.807) is 12.2 Å². The minimum absolute atomic E-state index is 0.0326. The van der Waals surface area contributed by atoms with Gasteiger partial charge in [-0.1, -0.05) is 109 Å². The molecule has 4 aromatic carbocycles. The highest BCUT2D eigenvalue weighted by molar-refractivity contribution is 5.87. The van der Waals surface area contributed by atoms with Crippen LogP contribution in [0, 0.1) is 11.8 Å². The number of hydrogen-bond donors (Lipinski definition) is 0. The molecule has 0 saturated carbocycles. The molecular formula is C36H30O4. The van der Waals surface area contributed by atoms with Crippen LogP contribution in [0.1, 0.15) is 45.2 Å². The van der Waals surface area contributed by atoms with Crippen LogP contribution in [-0.4, -0.2) is 25.2 Å². The number of rotatable bonds is 8. The second kappa shape index (κ2) is 11.6. The van der Waals surface area contributed by atoms with Crippen molar-refractivity contribution in [3.63, 3.8) is 0 Å². The number of fused-ring (bicyclic) bond motifs is 1. The van der Waals surface area contributed by atoms with Crippen LogP contribution in [0.4, 0.5) is 0 Å². The van der Waals surface area contributed by atoms with Crippen LogP contribution in [0.3, 0.4) is 0 Å². The summed E-state index contributed by atoms with van der Waals surface area (Å²) < 4.78 is 11.7. The van der Waals surface area contributed by atoms with E-state index < -0.39 is 0 Å². The third-order valence-electron chi connectivity index (χ3n) is 8.00. The summed E-state index contributed by atoms with van der Waals surface area (Å²) in [7, 11) is 0. The van der Waals surface area contributed by atoms with E-state index in [9.17, 15) is 9.59 Å². The van der Waals surface area contributed by atoms with Crippen LogP contribution in [0.15, 0.2) is 121 Å². The Morgan fingerprint density at radius 3 is 1.18 bits per heavy atom. The molecule has 0 heterocycles. The quantitative estimate of drug-likeness (QED) is 0.183. The summed E-state index contributed by atoms with van der Waals surface area (Å²) in [6.07, 6.45) is 6.47. The van der Waals surface area contributed by atoms with Crippen molar-refractivity contribution in [2.24, 2.45) is 11.8 Å². The number of esters is 2. The lowest BCUT2D eigenvalue weighted by Gasteiger charge is -2.50. The van der Waals surface area contributed by atoms with E-state index in [1.165, 1.54) is 34.4 Å². The first-order valence-corrected chi connectivity index (χ1v) is 13.7. The van der Waals surface area contributed by atoms with Gasteiger partial charge >= 0.3 is 11.9 Å². The normalized spacial score (nSPS) is 20.7. The van der Waals surface area contributed by atoms with Crippen molar-refractivity contribution < 1.29 is 19.1 Å². The van der Waals surface area contributed by atoms with Gasteiger partial charge in [-0.3, -0.25) is 0 Å². The van der Waals surface area contributed by atoms with Gasteiger partial charge in [0.15, 0.2) is 0 Å². The van der Waals surface area contributed by atoms with Crippen molar-refractivity contribution in [2.75, 3.05) is 13.2 Å². The van der Waals surface area contributed by atoms with Gasteiger partial charge in [-0.15, -0.1) is 0 Å². The van der Waals surface area contributed by atoms with Gasteiger partial charge in [0.25, 0.3) is 0 Å². The zero-order valence-electron chi connectivity index (χ0n) is 22.1. The lowest BCUT2D eigenvalue weighted by Crippen LogP contribution is -2.44. The van der Waals surface area contributed by atoms with Gasteiger partial charge in [0.05, 0.1) is 13.2 Å². The number of benzene rings is 4. The van der Waals surface area contributed by atoms with Crippen molar-refractivity contribution in [1.82, 2.24) is 0 Å². The number of ether oxygens (including phenoxy) is 2. The molecule has 0 spiro atoms. The fourth-order valence-electron chi connectivity index (χ4n) is 6.26. The maximum atomic E-state index is 12.7. The number of hydrogen-bond acceptors (Lipinski definition) is 4. The second-order valence-corrected chi connectivity index (χ2v) is 10.3. The molecule has 7 rings (SSSR count). The van der Waals surface area contributed by atoms with Gasteiger partial charge in [-0.25, -0.2) is 9.59 Å². The van der Waals surface area contributed by atoms with E-state index >= 15 is 0 Å². The van der Waals surface area contributed by atoms with Crippen molar-refractivity contribution in [3.05, 3.63) is 155 Å². The van der Waals surface area contributed by atoms with Crippen LogP contribution < -0.4 is 0 Å². The Morgan fingerprint density at radius 1 is 0.500 bits per heavy atom. The molecule has 0 aromatic heterocycles. The predicted octanol–water partition coefficient (Wildman–Crippen LogP) is 7.02. The van der Waals surface area contributed by atoms with E-state index in [2.05, 4.69) is 48.5 Å². The molecule has 4 aromatic rings. The molecule has 3 aliphatic carbocycles. The molecule has 2 bridgehead atoms. The molecule has 4 nitrogen and oxygen atoms in total. The third-order valence-corrected chi connectivity index (χ3v) is 8.00. The van der Waals surface area contributed by atoms with Gasteiger partial charge in [0.2, 0.25) is 0 Å². The average Bonchev–Trinajstić information content (AvgIpc) is 3.01. The van der Waals surface area contributed by atoms with Crippen LogP contribution >= 0.6 is 0 Å². The SMILES string of the molecule is O=C(/C=C/c1ccccc1)OC[C@@H]1C2c3ccccc3C(c3ccccc32)[C@H]1COC(=O)/C=C/c1ccccc1. The second-order valence-electron chi connectivity index (χ2n) is 10.3. The molecule has 0 fully saturated rings. The Balaban J connectivity index is 1.25. The van der Waals surface area contributed by atoms with Crippen molar-refractivity contribution in [2.45, 2.75) is 11.8 Å². The van der Waals surface area contributed by atoms with Gasteiger partial charge in [-0.2, -0.15) is 0 Å². The standard InChI is InChI=1S/C36H30O4/c37-33(21-19-25-11-3-1-4-12-25)39-23-31-32(24-40-34(38)22-20-26-13-5-2-6-14-26)36-29-17-9-7-15-27(29)35(31)28-16-8-10-18-30(28)36/h1-22,31-32,35-36H,23-24H2/b21-19+,22-20+/t31-,32-,35?,36?/m0/s1. The van der Waals surface area contributed by atoms with E-state index in [-0.39, 0.29) is 48.8 Å². The van der Waals surface area contributed by atoms with Gasteiger partial charge < -0.3 is 9.47 Å². The summed E-state index contributed by atoms with van der Waals surface area (Å²) in [5.74, 6) is -0.731. The predicted molar refractivity (Wildman–Crippen MR) is 156 cm³/mol. The van der Waals surface area contributed by atoms with Gasteiger partial charge in [0.1, 0.15) is 0 Å². The van der Waals surface area contributed by atoms with Gasteiger partial charge in [0, 0.05) is 35.8 Å². The van der Waals surface area contributed by atoms with E-state index in [1.807, 2.05) is 60.7 Å². The topological polar surface area (TPSA) is 52.6 Å². The summed E-state index contributed by atoms with van der Waals surface area (Å²) in [5.41, 5.74) is 6.93. The molecule has 198 valence electrons. The number of carbonyl (C=O) groups is 2. The Bertz CT molecular complexity index is 1390. The van der Waals surface area contributed by atoms with Crippen LogP contribution in [0.5, 0.6) is 0 Å². The molecule has 0 amide bonds. The monoisotopic (exact) mass is 526 g/mol. The van der Waals surface area contributed by atoms with Crippen LogP contribution in [-0.2, 0) is 19.1 Å². The first kappa shape index (κ1) is 25.6. The fraction of sp³-hybridized carbons (Fsp3) is 0.167. The molecule has 40 heavy (non-hydrogen) atoms. The summed E-state index contributed by atoms with van der Waals surface area (Å²) in [4.78, 5) is 25.5. The van der Waals surface area contributed by atoms with E-state index in [0.717, 1.165) is 11.1 Å². The number of carbonyl (C=O) groups excluding carboxylic acids is 2. The molecule has 0 N–H and O–H groups in total. The molecule has 0 saturated heterocycles. The molecule has 3 aliphatic rings. The Morgan fingerprint density at radius 2 is 0.825 bits per heavy atom. The molecule has 4 heteroatoms. The minimum atomic E-state index is -0.381. The maximum Gasteiger partial charge on any atom is 0.330 e. The van der Waals surface area contributed by atoms with Crippen molar-refractivity contribution >= 4 is 24.1 Å². The molecular weight excluding hydrogens is 496 g/mol. The zero-order chi connectivity index (χ0) is 27.3. The third kappa shape index (κ3) is 5.26. The van der Waals surface area contributed by atoms with Crippen molar-refractivity contribution in [1.29, 1.82) is 0 Å². The molecule has 0 unspecified atom stereocenters. The fourth-order valence-corrected chi connectivity index (χ4v) is 6.26. The summed E-state index contributed by atoms with van der Waals surface area (Å²) in [5, 5.41) is 0. The summed E-state index contributed by atoms with van der Waals surface area (Å²) in [6.45, 7) is 0.480. The zero-order valence-corrected chi connectivity index (χ0v) is 22.1. The minimum Gasteiger partial charge on any atom is -0.462 e. The molecule has 0 aliphatic heterocycles. The largest absolute Gasteiger partial charge is 0.462 e. The van der Waals surface area contributed by atoms with Gasteiger partial charge in [-0.05, 0) is 45.5 Å². The van der Waals surface area contributed by atoms with Crippen LogP contribution in [0.2, 0.25) is 0 Å². The van der Waals surface area contributed by atoms with E-state index in [4.69, 9.17) is 9.47 Å². The average molecular weight is 527 g/mol. The smallest absolute Gasteiger partial charge is 0.330 e. The highest BCUT2D eigenvalue weighted by Crippen LogP contribution is 2.58. The summed E-state index contributed by atoms with van der Waals surface area (Å²) >= 11 is 0. The Kier molecular flexibility index (Phi) is 7.41. The highest BCUT2D eigenvalue weighted by Gasteiger charge is 2.50. The first-order chi connectivity index (χ1) is 19.7. The summed E-state index contributed by atoms with van der Waals surface area (Å²) in [6, 6.07) is 36.3. The lowest BCUT2D eigenvalue weighted by molar-refractivity contribution is -0.144. The maximum absolute atomic E-state index is 12.7. The Hall–Kier alpha value is -4.70. The molecule has 2 atom stereocenters. The lowest BCUT2D eigenvalue weighted by atomic mass is 9.54.